The standard InChI is InChI=1S/C23H21NO7/c1-29-18-7-3-2-5-14(18)11-20-22(26)16-9-8-15(12-19(16)31-20)30-13-21(25)24-10-4-6-17(24)23(27)28/h2-3,5,7-9,11-12,17H,4,6,10,13H2,1H3,(H,27,28). The predicted octanol–water partition coefficient (Wildman–Crippen LogP) is 2.77. The van der Waals surface area contributed by atoms with Crippen LogP contribution in [0, 0.1) is 0 Å². The summed E-state index contributed by atoms with van der Waals surface area (Å²) < 4.78 is 16.6. The number of methoxy groups -OCH3 is 1. The average Bonchev–Trinajstić information content (AvgIpc) is 3.38. The maximum absolute atomic E-state index is 12.7. The molecule has 0 bridgehead atoms. The lowest BCUT2D eigenvalue weighted by Crippen LogP contribution is -2.42. The highest BCUT2D eigenvalue weighted by atomic mass is 16.5. The Bertz CT molecular complexity index is 1080. The van der Waals surface area contributed by atoms with E-state index in [4.69, 9.17) is 14.2 Å². The normalized spacial score (nSPS) is 18.6. The molecule has 2 aromatic rings. The van der Waals surface area contributed by atoms with Crippen LogP contribution in [0.1, 0.15) is 28.8 Å². The number of aliphatic carboxylic acids is 1. The van der Waals surface area contributed by atoms with Crippen molar-refractivity contribution in [3.63, 3.8) is 0 Å². The molecule has 2 aliphatic heterocycles. The third-order valence-corrected chi connectivity index (χ3v) is 5.29. The number of carboxylic acid groups (broad SMARTS) is 1. The molecule has 0 aliphatic carbocycles. The molecule has 0 saturated carbocycles. The third kappa shape index (κ3) is 4.09. The molecule has 1 unspecified atom stereocenters. The fourth-order valence-electron chi connectivity index (χ4n) is 3.73. The van der Waals surface area contributed by atoms with Gasteiger partial charge in [-0.2, -0.15) is 0 Å². The minimum atomic E-state index is -1.01. The van der Waals surface area contributed by atoms with Crippen molar-refractivity contribution in [2.75, 3.05) is 20.3 Å². The number of nitrogens with zero attached hydrogens (tertiary/aromatic N) is 1. The van der Waals surface area contributed by atoms with Crippen LogP contribution in [0.2, 0.25) is 0 Å². The number of carbonyl (C=O) groups is 3. The van der Waals surface area contributed by atoms with E-state index < -0.39 is 12.0 Å². The van der Waals surface area contributed by atoms with E-state index in [1.807, 2.05) is 18.2 Å². The number of ether oxygens (including phenoxy) is 3. The largest absolute Gasteiger partial charge is 0.496 e. The molecule has 31 heavy (non-hydrogen) atoms. The summed E-state index contributed by atoms with van der Waals surface area (Å²) in [6.45, 7) is 0.110. The van der Waals surface area contributed by atoms with Crippen LogP contribution in [0.4, 0.5) is 0 Å². The number of ketones is 1. The van der Waals surface area contributed by atoms with Crippen LogP contribution in [0.5, 0.6) is 17.2 Å². The van der Waals surface area contributed by atoms with Crippen LogP contribution < -0.4 is 14.2 Å². The molecule has 1 saturated heterocycles. The first-order valence-corrected chi connectivity index (χ1v) is 9.84. The van der Waals surface area contributed by atoms with E-state index >= 15 is 0 Å². The Hall–Kier alpha value is -3.81. The Morgan fingerprint density at radius 1 is 1.26 bits per heavy atom. The van der Waals surface area contributed by atoms with Gasteiger partial charge in [-0.1, -0.05) is 18.2 Å². The minimum absolute atomic E-state index is 0.161. The van der Waals surface area contributed by atoms with E-state index in [0.717, 1.165) is 0 Å². The van der Waals surface area contributed by atoms with Gasteiger partial charge in [-0.05, 0) is 37.1 Å². The van der Waals surface area contributed by atoms with Gasteiger partial charge in [-0.25, -0.2) is 4.79 Å². The van der Waals surface area contributed by atoms with E-state index in [1.165, 1.54) is 4.90 Å². The van der Waals surface area contributed by atoms with Crippen molar-refractivity contribution < 1.29 is 33.7 Å². The Labute approximate surface area is 178 Å². The molecule has 2 heterocycles. The summed E-state index contributed by atoms with van der Waals surface area (Å²) in [5, 5.41) is 9.22. The second-order valence-corrected chi connectivity index (χ2v) is 7.21. The van der Waals surface area contributed by atoms with E-state index in [2.05, 4.69) is 0 Å². The molecule has 0 spiro atoms. The first-order chi connectivity index (χ1) is 15.0. The van der Waals surface area contributed by atoms with Crippen molar-refractivity contribution in [3.8, 4) is 17.2 Å². The highest BCUT2D eigenvalue weighted by molar-refractivity contribution is 6.14. The fraction of sp³-hybridized carbons (Fsp3) is 0.261. The summed E-state index contributed by atoms with van der Waals surface area (Å²) in [5.74, 6) is -0.195. The SMILES string of the molecule is COc1ccccc1C=C1Oc2cc(OCC(=O)N3CCCC3C(=O)O)ccc2C1=O. The smallest absolute Gasteiger partial charge is 0.326 e. The molecule has 8 heteroatoms. The van der Waals surface area contributed by atoms with E-state index in [-0.39, 0.29) is 24.1 Å². The molecule has 0 radical (unpaired) electrons. The van der Waals surface area contributed by atoms with Crippen molar-refractivity contribution >= 4 is 23.7 Å². The zero-order valence-corrected chi connectivity index (χ0v) is 16.9. The molecule has 0 aromatic heterocycles. The summed E-state index contributed by atoms with van der Waals surface area (Å²) in [5.41, 5.74) is 1.10. The maximum atomic E-state index is 12.7. The number of rotatable bonds is 6. The van der Waals surface area contributed by atoms with Gasteiger partial charge < -0.3 is 24.2 Å². The van der Waals surface area contributed by atoms with Gasteiger partial charge in [0.1, 0.15) is 23.3 Å². The Morgan fingerprint density at radius 2 is 2.06 bits per heavy atom. The van der Waals surface area contributed by atoms with Gasteiger partial charge in [0.2, 0.25) is 5.78 Å². The predicted molar refractivity (Wildman–Crippen MR) is 110 cm³/mol. The van der Waals surface area contributed by atoms with E-state index in [1.54, 1.807) is 37.5 Å². The Balaban J connectivity index is 1.46. The molecule has 1 atom stereocenters. The highest BCUT2D eigenvalue weighted by Crippen LogP contribution is 2.35. The van der Waals surface area contributed by atoms with Gasteiger partial charge in [-0.15, -0.1) is 0 Å². The maximum Gasteiger partial charge on any atom is 0.326 e. The monoisotopic (exact) mass is 423 g/mol. The number of hydrogen-bond acceptors (Lipinski definition) is 6. The molecule has 1 fully saturated rings. The number of hydrogen-bond donors (Lipinski definition) is 1. The van der Waals surface area contributed by atoms with Crippen molar-refractivity contribution in [2.24, 2.45) is 0 Å². The van der Waals surface area contributed by atoms with Gasteiger partial charge in [0.15, 0.2) is 12.4 Å². The first kappa shape index (κ1) is 20.5. The lowest BCUT2D eigenvalue weighted by molar-refractivity contribution is -0.148. The van der Waals surface area contributed by atoms with Crippen LogP contribution in [0.25, 0.3) is 6.08 Å². The van der Waals surface area contributed by atoms with Crippen LogP contribution in [0.3, 0.4) is 0 Å². The molecule has 1 N–H and O–H groups in total. The van der Waals surface area contributed by atoms with Crippen molar-refractivity contribution in [3.05, 3.63) is 59.4 Å². The second kappa shape index (κ2) is 8.51. The fourth-order valence-corrected chi connectivity index (χ4v) is 3.73. The number of Topliss-reactive ketones (excluding diaryl/α,β-unsaturated/α-hetero) is 1. The van der Waals surface area contributed by atoms with Gasteiger partial charge in [0.25, 0.3) is 5.91 Å². The summed E-state index contributed by atoms with van der Waals surface area (Å²) in [6.07, 6.45) is 2.71. The lowest BCUT2D eigenvalue weighted by atomic mass is 10.1. The molecule has 4 rings (SSSR count). The molecule has 8 nitrogen and oxygen atoms in total. The van der Waals surface area contributed by atoms with Crippen molar-refractivity contribution in [2.45, 2.75) is 18.9 Å². The molecular weight excluding hydrogens is 402 g/mol. The number of benzene rings is 2. The average molecular weight is 423 g/mol. The molecule has 2 aromatic carbocycles. The first-order valence-electron chi connectivity index (χ1n) is 9.84. The van der Waals surface area contributed by atoms with E-state index in [9.17, 15) is 19.5 Å². The van der Waals surface area contributed by atoms with Gasteiger partial charge >= 0.3 is 5.97 Å². The Kier molecular flexibility index (Phi) is 5.62. The Morgan fingerprint density at radius 3 is 2.84 bits per heavy atom. The van der Waals surface area contributed by atoms with Crippen LogP contribution in [-0.2, 0) is 9.59 Å². The summed E-state index contributed by atoms with van der Waals surface area (Å²) in [4.78, 5) is 37.6. The summed E-state index contributed by atoms with van der Waals surface area (Å²) in [6, 6.07) is 11.2. The number of amides is 1. The number of carbonyl (C=O) groups excluding carboxylic acids is 2. The van der Waals surface area contributed by atoms with Crippen molar-refractivity contribution in [1.29, 1.82) is 0 Å². The number of fused-ring (bicyclic) bond motifs is 1. The number of carboxylic acids is 1. The summed E-state index contributed by atoms with van der Waals surface area (Å²) in [7, 11) is 1.55. The molecule has 2 aliphatic rings. The third-order valence-electron chi connectivity index (χ3n) is 5.29. The van der Waals surface area contributed by atoms with Gasteiger partial charge in [-0.3, -0.25) is 9.59 Å². The number of allylic oxidation sites excluding steroid dienone is 1. The van der Waals surface area contributed by atoms with Crippen LogP contribution in [0.15, 0.2) is 48.2 Å². The van der Waals surface area contributed by atoms with E-state index in [0.29, 0.717) is 47.8 Å². The second-order valence-electron chi connectivity index (χ2n) is 7.21. The quantitative estimate of drug-likeness (QED) is 0.713. The number of para-hydroxylation sites is 1. The zero-order chi connectivity index (χ0) is 22.0. The van der Waals surface area contributed by atoms with Gasteiger partial charge in [0, 0.05) is 18.2 Å². The topological polar surface area (TPSA) is 102 Å². The highest BCUT2D eigenvalue weighted by Gasteiger charge is 2.34. The van der Waals surface area contributed by atoms with Crippen LogP contribution >= 0.6 is 0 Å². The molecule has 160 valence electrons. The summed E-state index contributed by atoms with van der Waals surface area (Å²) >= 11 is 0. The van der Waals surface area contributed by atoms with Gasteiger partial charge in [0.05, 0.1) is 12.7 Å². The minimum Gasteiger partial charge on any atom is -0.496 e. The number of likely N-dealkylation sites (tertiary alicyclic amines) is 1. The lowest BCUT2D eigenvalue weighted by Gasteiger charge is -2.21. The zero-order valence-electron chi connectivity index (χ0n) is 16.9. The molecular formula is C23H21NO7. The van der Waals surface area contributed by atoms with Crippen molar-refractivity contribution in [1.82, 2.24) is 4.90 Å². The molecule has 1 amide bonds. The van der Waals surface area contributed by atoms with Crippen LogP contribution in [-0.4, -0.2) is 54.0 Å².